The molecular weight excluding hydrogens is 606 g/mol. The summed E-state index contributed by atoms with van der Waals surface area (Å²) in [6.07, 6.45) is 2.23. The molecule has 9 heteroatoms. The van der Waals surface area contributed by atoms with Crippen LogP contribution in [0.15, 0.2) is 108 Å². The van der Waals surface area contributed by atoms with Crippen LogP contribution in [0.1, 0.15) is 54.6 Å². The van der Waals surface area contributed by atoms with Gasteiger partial charge in [-0.05, 0) is 78.1 Å². The van der Waals surface area contributed by atoms with Crippen molar-refractivity contribution in [3.05, 3.63) is 124 Å². The molecular formula is C36H36ClN3O4S. The Hall–Kier alpha value is -4.53. The summed E-state index contributed by atoms with van der Waals surface area (Å²) in [7, 11) is 1.53. The Balaban J connectivity index is 1.50. The van der Waals surface area contributed by atoms with Gasteiger partial charge >= 0.3 is 0 Å². The van der Waals surface area contributed by atoms with E-state index in [1.54, 1.807) is 60.7 Å². The molecule has 232 valence electrons. The lowest BCUT2D eigenvalue weighted by molar-refractivity contribution is -0.116. The van der Waals surface area contributed by atoms with Gasteiger partial charge in [0.1, 0.15) is 11.4 Å². The molecule has 0 heterocycles. The summed E-state index contributed by atoms with van der Waals surface area (Å²) in [6.45, 7) is 6.16. The maximum absolute atomic E-state index is 13.5. The Kier molecular flexibility index (Phi) is 11.8. The first-order valence-electron chi connectivity index (χ1n) is 14.6. The third-order valence-corrected chi connectivity index (χ3v) is 8.55. The average molecular weight is 642 g/mol. The monoisotopic (exact) mass is 641 g/mol. The second-order valence-corrected chi connectivity index (χ2v) is 12.2. The van der Waals surface area contributed by atoms with Crippen molar-refractivity contribution in [2.45, 2.75) is 43.3 Å². The van der Waals surface area contributed by atoms with Gasteiger partial charge < -0.3 is 20.7 Å². The number of carbonyl (C=O) groups is 3. The number of hydrogen-bond acceptors (Lipinski definition) is 5. The van der Waals surface area contributed by atoms with Crippen molar-refractivity contribution in [1.29, 1.82) is 0 Å². The summed E-state index contributed by atoms with van der Waals surface area (Å²) in [5.74, 6) is -0.147. The number of methoxy groups -OCH3 is 1. The zero-order chi connectivity index (χ0) is 32.3. The molecule has 0 aromatic heterocycles. The van der Waals surface area contributed by atoms with Gasteiger partial charge in [-0.1, -0.05) is 80.9 Å². The molecule has 4 rings (SSSR count). The number of thioether (sulfide) groups is 1. The predicted octanol–water partition coefficient (Wildman–Crippen LogP) is 8.39. The minimum absolute atomic E-state index is 0.100. The molecule has 0 bridgehead atoms. The number of amides is 3. The summed E-state index contributed by atoms with van der Waals surface area (Å²) in [5, 5.41) is 8.60. The van der Waals surface area contributed by atoms with Gasteiger partial charge in [-0.15, -0.1) is 11.8 Å². The lowest BCUT2D eigenvalue weighted by atomic mass is 10.0. The van der Waals surface area contributed by atoms with Crippen molar-refractivity contribution >= 4 is 58.5 Å². The first-order chi connectivity index (χ1) is 21.7. The van der Waals surface area contributed by atoms with Gasteiger partial charge in [-0.3, -0.25) is 14.4 Å². The number of benzene rings is 4. The van der Waals surface area contributed by atoms with E-state index in [-0.39, 0.29) is 11.6 Å². The van der Waals surface area contributed by atoms with Gasteiger partial charge in [0.25, 0.3) is 11.8 Å². The maximum atomic E-state index is 13.5. The summed E-state index contributed by atoms with van der Waals surface area (Å²) in [4.78, 5) is 40.5. The molecule has 1 atom stereocenters. The van der Waals surface area contributed by atoms with Gasteiger partial charge in [0.2, 0.25) is 5.91 Å². The first-order valence-corrected chi connectivity index (χ1v) is 15.8. The molecule has 0 radical (unpaired) electrons. The van der Waals surface area contributed by atoms with E-state index in [2.05, 4.69) is 29.8 Å². The Morgan fingerprint density at radius 1 is 0.867 bits per heavy atom. The standard InChI is InChI=1S/C36H36ClN3O4S/c1-5-33(36(43)39-28-18-19-32(44-4)30(37)22-28)45-29-13-9-12-27(21-29)38-35(42)31(40-34(41)26-10-7-6-8-11-26)20-24-14-16-25(17-15-24)23(2)3/h6-23,33H,5H2,1-4H3,(H,38,42)(H,39,43)(H,40,41)/b31-20+. The molecule has 4 aromatic rings. The Labute approximate surface area is 273 Å². The highest BCUT2D eigenvalue weighted by molar-refractivity contribution is 8.00. The second-order valence-electron chi connectivity index (χ2n) is 10.5. The number of hydrogen-bond donors (Lipinski definition) is 3. The number of ether oxygens (including phenoxy) is 1. The smallest absolute Gasteiger partial charge is 0.272 e. The number of halogens is 1. The van der Waals surface area contributed by atoms with Crippen LogP contribution in [0.5, 0.6) is 5.75 Å². The average Bonchev–Trinajstić information content (AvgIpc) is 3.04. The molecule has 45 heavy (non-hydrogen) atoms. The molecule has 0 aliphatic heterocycles. The van der Waals surface area contributed by atoms with E-state index in [0.29, 0.717) is 40.0 Å². The lowest BCUT2D eigenvalue weighted by Crippen LogP contribution is -2.30. The van der Waals surface area contributed by atoms with Crippen LogP contribution in [0.3, 0.4) is 0 Å². The first kappa shape index (κ1) is 33.4. The minimum atomic E-state index is -0.476. The van der Waals surface area contributed by atoms with Gasteiger partial charge in [0, 0.05) is 21.8 Å². The number of rotatable bonds is 12. The molecule has 0 aliphatic carbocycles. The van der Waals surface area contributed by atoms with E-state index in [0.717, 1.165) is 10.5 Å². The van der Waals surface area contributed by atoms with Crippen LogP contribution in [-0.2, 0) is 9.59 Å². The Morgan fingerprint density at radius 3 is 2.22 bits per heavy atom. The van der Waals surface area contributed by atoms with Crippen LogP contribution < -0.4 is 20.7 Å². The highest BCUT2D eigenvalue weighted by Gasteiger charge is 2.20. The van der Waals surface area contributed by atoms with Crippen molar-refractivity contribution in [3.8, 4) is 5.75 Å². The molecule has 0 spiro atoms. The largest absolute Gasteiger partial charge is 0.495 e. The van der Waals surface area contributed by atoms with Crippen molar-refractivity contribution in [2.75, 3.05) is 17.7 Å². The van der Waals surface area contributed by atoms with Crippen LogP contribution >= 0.6 is 23.4 Å². The summed E-state index contributed by atoms with van der Waals surface area (Å²) >= 11 is 7.60. The van der Waals surface area contributed by atoms with E-state index in [1.807, 2.05) is 49.4 Å². The van der Waals surface area contributed by atoms with Crippen LogP contribution in [0.2, 0.25) is 5.02 Å². The molecule has 0 saturated heterocycles. The molecule has 0 saturated carbocycles. The fourth-order valence-corrected chi connectivity index (χ4v) is 5.66. The van der Waals surface area contributed by atoms with Crippen molar-refractivity contribution < 1.29 is 19.1 Å². The topological polar surface area (TPSA) is 96.5 Å². The summed E-state index contributed by atoms with van der Waals surface area (Å²) in [5.41, 5.74) is 3.58. The quantitative estimate of drug-likeness (QED) is 0.107. The van der Waals surface area contributed by atoms with E-state index in [4.69, 9.17) is 16.3 Å². The zero-order valence-electron chi connectivity index (χ0n) is 25.6. The molecule has 3 N–H and O–H groups in total. The third-order valence-electron chi connectivity index (χ3n) is 6.90. The molecule has 0 fully saturated rings. The van der Waals surface area contributed by atoms with E-state index in [9.17, 15) is 14.4 Å². The SMILES string of the molecule is CCC(Sc1cccc(NC(=O)/C(=C\c2ccc(C(C)C)cc2)NC(=O)c2ccccc2)c1)C(=O)Nc1ccc(OC)c(Cl)c1. The van der Waals surface area contributed by atoms with Crippen LogP contribution in [-0.4, -0.2) is 30.1 Å². The fraction of sp³-hybridized carbons (Fsp3) is 0.194. The number of carbonyl (C=O) groups excluding carboxylic acids is 3. The fourth-order valence-electron chi connectivity index (χ4n) is 4.39. The van der Waals surface area contributed by atoms with E-state index < -0.39 is 17.1 Å². The molecule has 0 aliphatic rings. The minimum Gasteiger partial charge on any atom is -0.495 e. The summed E-state index contributed by atoms with van der Waals surface area (Å²) in [6, 6.07) is 28.9. The van der Waals surface area contributed by atoms with Crippen LogP contribution in [0.4, 0.5) is 11.4 Å². The van der Waals surface area contributed by atoms with Crippen molar-refractivity contribution in [3.63, 3.8) is 0 Å². The molecule has 7 nitrogen and oxygen atoms in total. The molecule has 3 amide bonds. The van der Waals surface area contributed by atoms with Gasteiger partial charge in [-0.2, -0.15) is 0 Å². The van der Waals surface area contributed by atoms with Crippen LogP contribution in [0, 0.1) is 0 Å². The van der Waals surface area contributed by atoms with Gasteiger partial charge in [0.05, 0.1) is 17.4 Å². The second kappa shape index (κ2) is 16.0. The highest BCUT2D eigenvalue weighted by atomic mass is 35.5. The number of anilines is 2. The van der Waals surface area contributed by atoms with E-state index in [1.165, 1.54) is 24.4 Å². The Bertz CT molecular complexity index is 1670. The summed E-state index contributed by atoms with van der Waals surface area (Å²) < 4.78 is 5.18. The normalized spacial score (nSPS) is 11.9. The maximum Gasteiger partial charge on any atom is 0.272 e. The lowest BCUT2D eigenvalue weighted by Gasteiger charge is -2.16. The van der Waals surface area contributed by atoms with Crippen molar-refractivity contribution in [1.82, 2.24) is 5.32 Å². The zero-order valence-corrected chi connectivity index (χ0v) is 27.2. The van der Waals surface area contributed by atoms with Crippen LogP contribution in [0.25, 0.3) is 6.08 Å². The van der Waals surface area contributed by atoms with Gasteiger partial charge in [-0.25, -0.2) is 0 Å². The van der Waals surface area contributed by atoms with E-state index >= 15 is 0 Å². The Morgan fingerprint density at radius 2 is 1.58 bits per heavy atom. The highest BCUT2D eigenvalue weighted by Crippen LogP contribution is 2.31. The predicted molar refractivity (Wildman–Crippen MR) is 184 cm³/mol. The molecule has 4 aromatic carbocycles. The van der Waals surface area contributed by atoms with Crippen molar-refractivity contribution in [2.24, 2.45) is 0 Å². The van der Waals surface area contributed by atoms with Gasteiger partial charge in [0.15, 0.2) is 0 Å². The number of nitrogens with one attached hydrogen (secondary N) is 3. The molecule has 1 unspecified atom stereocenters. The third kappa shape index (κ3) is 9.48.